The number of nitrogens with zero attached hydrogens (tertiary/aromatic N) is 2. The maximum atomic E-state index is 15.1. The Balaban J connectivity index is 1.64. The number of amides is 15. The van der Waals surface area contributed by atoms with Gasteiger partial charge in [0.2, 0.25) is 88.6 Å². The third-order valence-corrected chi connectivity index (χ3v) is 21.2. The molecule has 1 heterocycles. The number of anilines is 1. The summed E-state index contributed by atoms with van der Waals surface area (Å²) >= 11 is 0. The molecule has 56 nitrogen and oxygen atoms in total. The number of hydrogen-bond acceptors (Lipinski definition) is 30. The van der Waals surface area contributed by atoms with E-state index in [4.69, 9.17) is 54.1 Å². The van der Waals surface area contributed by atoms with Gasteiger partial charge < -0.3 is 149 Å². The van der Waals surface area contributed by atoms with Gasteiger partial charge >= 0.3 is 23.5 Å². The molecule has 1 aromatic heterocycles. The molecule has 0 spiro atoms. The molecule has 0 aliphatic heterocycles. The number of carboxylic acid groups (broad SMARTS) is 3. The SMILES string of the molecule is COc1cc(=O)oc2c(CC(=O)N[C@@H](CO)C(=O)N[C@@H](CCC(=O)O)C(=O)N[C@H](C(=O)N[C@@H](CC(N)=O)C(=O)N[C@@H](CC(C)C)C(=O)N[C@@H](CC(=O)O)C(=O)N[C@@H](C)C(=O)N[C@@H](CCC(=O)O)C(=O)N[C@@H](Cc3ccccc3)C(=O)N[C@@H](CCCNC(=N)N)C(=O)N[C@@H](CCCCNc3ccc([N+](=O)[O-])cc3[N+](=O)[O-])C(=O)N[C@@H](CCCNC(=N)N)C(=O)N[C@@H](CCCNC(=N)N)C(N)=O)C(C)C)cccc12. The average molecular weight is 2000 g/mol. The zero-order valence-electron chi connectivity index (χ0n) is 78.6. The Morgan fingerprint density at radius 3 is 1.35 bits per heavy atom. The van der Waals surface area contributed by atoms with Crippen LogP contribution in [0.4, 0.5) is 17.1 Å². The highest BCUT2D eigenvalue weighted by Crippen LogP contribution is 2.30. The number of aliphatic carboxylic acids is 3. The quantitative estimate of drug-likeness (QED) is 0.00489. The predicted octanol–water partition coefficient (Wildman–Crippen LogP) is -5.94. The van der Waals surface area contributed by atoms with Crippen LogP contribution in [0.5, 0.6) is 5.75 Å². The Hall–Kier alpha value is -16.5. The van der Waals surface area contributed by atoms with Gasteiger partial charge in [0.15, 0.2) is 17.9 Å². The van der Waals surface area contributed by atoms with Crippen LogP contribution in [0.1, 0.15) is 148 Å². The van der Waals surface area contributed by atoms with Gasteiger partial charge in [-0.25, -0.2) is 4.79 Å². The van der Waals surface area contributed by atoms with Crippen molar-refractivity contribution < 1.29 is 126 Å². The van der Waals surface area contributed by atoms with Crippen LogP contribution in [0.25, 0.3) is 11.0 Å². The highest BCUT2D eigenvalue weighted by molar-refractivity contribution is 6.02. The summed E-state index contributed by atoms with van der Waals surface area (Å²) in [5.41, 5.74) is 25.9. The number of methoxy groups -OCH3 is 1. The summed E-state index contributed by atoms with van der Waals surface area (Å²) in [6.45, 7) is 5.63. The second-order valence-corrected chi connectivity index (χ2v) is 33.4. The lowest BCUT2D eigenvalue weighted by atomic mass is 10.00. The molecule has 0 bridgehead atoms. The number of unbranched alkanes of at least 4 members (excludes halogenated alkanes) is 1. The van der Waals surface area contributed by atoms with E-state index in [1.807, 2.05) is 0 Å². The molecule has 0 aliphatic rings. The number of carboxylic acids is 3. The van der Waals surface area contributed by atoms with Crippen molar-refractivity contribution in [3.05, 3.63) is 115 Å². The molecule has 0 radical (unpaired) electrons. The molecule has 0 fully saturated rings. The number of nitrogens with one attached hydrogen (secondary N) is 20. The number of benzene rings is 3. The lowest BCUT2D eigenvalue weighted by molar-refractivity contribution is -0.393. The summed E-state index contributed by atoms with van der Waals surface area (Å²) < 4.78 is 10.6. The Morgan fingerprint density at radius 2 is 0.880 bits per heavy atom. The minimum absolute atomic E-state index is 0.0139. The molecular formula is C86H125N27O29. The minimum atomic E-state index is -2.14. The van der Waals surface area contributed by atoms with Gasteiger partial charge in [0.25, 0.3) is 11.4 Å². The molecule has 34 N–H and O–H groups in total. The second-order valence-electron chi connectivity index (χ2n) is 33.4. The maximum Gasteiger partial charge on any atom is 0.339 e. The fraction of sp³-hybridized carbons (Fsp3) is 0.512. The van der Waals surface area contributed by atoms with Gasteiger partial charge in [-0.1, -0.05) is 70.2 Å². The first-order valence-electron chi connectivity index (χ1n) is 44.7. The summed E-state index contributed by atoms with van der Waals surface area (Å²) in [5.74, 6) is -25.2. The van der Waals surface area contributed by atoms with Gasteiger partial charge in [-0.3, -0.25) is 123 Å². The summed E-state index contributed by atoms with van der Waals surface area (Å²) in [4.78, 5) is 283. The number of nitrogens with two attached hydrogens (primary N) is 5. The van der Waals surface area contributed by atoms with Crippen molar-refractivity contribution in [3.63, 3.8) is 0 Å². The predicted molar refractivity (Wildman–Crippen MR) is 504 cm³/mol. The van der Waals surface area contributed by atoms with Crippen molar-refractivity contribution in [2.24, 2.45) is 40.5 Å². The molecule has 142 heavy (non-hydrogen) atoms. The van der Waals surface area contributed by atoms with Crippen LogP contribution in [0.2, 0.25) is 0 Å². The molecule has 3 aromatic carbocycles. The zero-order valence-corrected chi connectivity index (χ0v) is 78.6. The van der Waals surface area contributed by atoms with Crippen LogP contribution in [0.15, 0.2) is 82.0 Å². The number of primary amides is 2. The number of fused-ring (bicyclic) bond motifs is 1. The summed E-state index contributed by atoms with van der Waals surface area (Å²) in [7, 11) is 1.30. The molecule has 778 valence electrons. The fourth-order valence-electron chi connectivity index (χ4n) is 14.0. The van der Waals surface area contributed by atoms with Gasteiger partial charge in [-0.15, -0.1) is 0 Å². The van der Waals surface area contributed by atoms with E-state index >= 15 is 9.59 Å². The van der Waals surface area contributed by atoms with Crippen molar-refractivity contribution in [2.75, 3.05) is 45.2 Å². The number of aliphatic hydroxyl groups is 1. The van der Waals surface area contributed by atoms with Crippen LogP contribution >= 0.6 is 0 Å². The van der Waals surface area contributed by atoms with E-state index in [2.05, 4.69) is 90.4 Å². The van der Waals surface area contributed by atoms with Gasteiger partial charge in [0, 0.05) is 57.1 Å². The number of rotatable bonds is 65. The molecule has 13 atom stereocenters. The largest absolute Gasteiger partial charge is 0.496 e. The maximum absolute atomic E-state index is 15.1. The average Bonchev–Trinajstić information content (AvgIpc) is 0.791. The Morgan fingerprint density at radius 1 is 0.444 bits per heavy atom. The van der Waals surface area contributed by atoms with E-state index in [0.717, 1.165) is 31.2 Å². The number of non-ortho nitro benzene ring substituents is 1. The van der Waals surface area contributed by atoms with Crippen LogP contribution in [0, 0.1) is 48.3 Å². The van der Waals surface area contributed by atoms with Gasteiger partial charge in [-0.2, -0.15) is 0 Å². The van der Waals surface area contributed by atoms with Crippen LogP contribution in [-0.2, 0) is 99.1 Å². The van der Waals surface area contributed by atoms with E-state index in [0.29, 0.717) is 10.9 Å². The van der Waals surface area contributed by atoms with Crippen LogP contribution in [0.3, 0.4) is 0 Å². The zero-order chi connectivity index (χ0) is 106. The topological polar surface area (TPSA) is 920 Å². The molecule has 56 heteroatoms. The van der Waals surface area contributed by atoms with Gasteiger partial charge in [0.05, 0.1) is 60.3 Å². The van der Waals surface area contributed by atoms with Crippen molar-refractivity contribution in [2.45, 2.75) is 229 Å². The Bertz CT molecular complexity index is 5260. The number of carbonyl (C=O) groups excluding carboxylic acids is 15. The smallest absolute Gasteiger partial charge is 0.339 e. The first-order chi connectivity index (χ1) is 66.9. The van der Waals surface area contributed by atoms with E-state index in [-0.39, 0.29) is 113 Å². The van der Waals surface area contributed by atoms with Crippen LogP contribution in [-0.4, -0.2) is 273 Å². The van der Waals surface area contributed by atoms with Crippen molar-refractivity contribution in [3.8, 4) is 5.75 Å². The standard InChI is InChI=1S/C86H125N27O29/c1-42(2)34-56(107-81(134)58(38-63(87)115)110-83(136)69(43(3)4)111-77(130)55(27-29-66(119)120)106-82(135)60(41-114)100-64(116)36-46-18-12-19-48-62(141-6)40-68(123)142-70(46)48)79(132)109-59(39-67(121)122)78(131)99-44(5)72(125)102-54(26-28-65(117)118)76(129)108-57(35-45-16-8-7-9-17-45)80(133)105-53(23-15-33-98-86(93)94)75(128)103-51(20-10-11-30-95-49-25-24-47(112(137)138)37-61(49)113(139)140)74(127)104-52(22-14-32-97-85(91)92)73(126)101-50(71(88)124)21-13-31-96-84(89)90/h7-9,12,16-19,24-25,37,40,42-44,50-60,69,95,114H,10-11,13-15,20-23,26-36,38-39,41H2,1-6H3,(H2,87,115)(H2,88,124)(H,99,131)(H,100,116)(H,101,126)(H,102,125)(H,103,128)(H,104,127)(H,105,133)(H,106,135)(H,107,134)(H,108,129)(H,109,132)(H,110,136)(H,111,130)(H,117,118)(H,119,120)(H,121,122)(H4,89,90,96)(H4,91,92,97)(H4,93,94,98)/t44-,50-,51-,52-,53-,54-,55-,56-,57-,58-,59-,60-,69-/m0/s1. The number of para-hydroxylation sites is 1. The van der Waals surface area contributed by atoms with E-state index in [1.165, 1.54) is 45.2 Å². The van der Waals surface area contributed by atoms with E-state index in [1.54, 1.807) is 38.1 Å². The summed E-state index contributed by atoms with van der Waals surface area (Å²) in [5, 5.41) is 128. The number of aliphatic hydroxyl groups excluding tert-OH is 1. The fourth-order valence-corrected chi connectivity index (χ4v) is 14.0. The number of ether oxygens (including phenoxy) is 1. The highest BCUT2D eigenvalue weighted by Gasteiger charge is 2.40. The van der Waals surface area contributed by atoms with Crippen molar-refractivity contribution >= 4 is 152 Å². The highest BCUT2D eigenvalue weighted by atomic mass is 16.6. The van der Waals surface area contributed by atoms with Gasteiger partial charge in [0.1, 0.15) is 95.6 Å². The van der Waals surface area contributed by atoms with Crippen LogP contribution < -0.4 is 129 Å². The molecule has 4 aromatic rings. The molecule has 15 amide bonds. The van der Waals surface area contributed by atoms with E-state index in [9.17, 15) is 122 Å². The summed E-state index contributed by atoms with van der Waals surface area (Å²) in [6, 6.07) is -7.07. The number of carbonyl (C=O) groups is 18. The summed E-state index contributed by atoms with van der Waals surface area (Å²) in [6.07, 6.45) is -7.61. The van der Waals surface area contributed by atoms with Crippen molar-refractivity contribution in [1.82, 2.24) is 85.1 Å². The molecular weight excluding hydrogens is 1880 g/mol. The number of hydrogen-bond donors (Lipinski definition) is 29. The van der Waals surface area contributed by atoms with E-state index < -0.39 is 300 Å². The monoisotopic (exact) mass is 2000 g/mol. The Kier molecular flexibility index (Phi) is 49.4. The lowest BCUT2D eigenvalue weighted by Crippen LogP contribution is -2.61. The molecule has 0 unspecified atom stereocenters. The third kappa shape index (κ3) is 42.2. The first kappa shape index (κ1) is 118. The number of nitro benzene ring substituents is 2. The number of guanidine groups is 3. The third-order valence-electron chi connectivity index (χ3n) is 21.2. The Labute approximate surface area is 811 Å². The first-order valence-corrected chi connectivity index (χ1v) is 44.7. The lowest BCUT2D eigenvalue weighted by Gasteiger charge is -2.29. The molecule has 0 aliphatic carbocycles. The van der Waals surface area contributed by atoms with Gasteiger partial charge in [-0.05, 0) is 114 Å². The molecule has 0 saturated carbocycles. The molecule has 4 rings (SSSR count). The number of nitro groups is 2. The molecule has 0 saturated heterocycles. The van der Waals surface area contributed by atoms with Crippen molar-refractivity contribution in [1.29, 1.82) is 16.2 Å². The normalized spacial score (nSPS) is 13.7. The minimum Gasteiger partial charge on any atom is -0.496 e. The second kappa shape index (κ2) is 59.6.